The van der Waals surface area contributed by atoms with Crippen molar-refractivity contribution in [2.24, 2.45) is 5.10 Å². The zero-order chi connectivity index (χ0) is 25.8. The van der Waals surface area contributed by atoms with E-state index >= 15 is 0 Å². The van der Waals surface area contributed by atoms with E-state index in [-0.39, 0.29) is 17.1 Å². The molecule has 0 aliphatic rings. The average molecular weight is 494 g/mol. The van der Waals surface area contributed by atoms with Crippen molar-refractivity contribution in [3.63, 3.8) is 0 Å². The molecule has 0 unspecified atom stereocenters. The minimum Gasteiger partial charge on any atom is -0.490 e. The summed E-state index contributed by atoms with van der Waals surface area (Å²) in [6.07, 6.45) is 3.02. The van der Waals surface area contributed by atoms with Gasteiger partial charge in [-0.15, -0.1) is 0 Å². The normalized spacial score (nSPS) is 11.2. The Balaban J connectivity index is 1.50. The van der Waals surface area contributed by atoms with E-state index in [2.05, 4.69) is 10.1 Å². The van der Waals surface area contributed by atoms with Crippen LogP contribution in [0.3, 0.4) is 0 Å². The Morgan fingerprint density at radius 1 is 1.03 bits per heavy atom. The lowest BCUT2D eigenvalue weighted by Crippen LogP contribution is -2.20. The van der Waals surface area contributed by atoms with Crippen LogP contribution >= 0.6 is 0 Å². The lowest BCUT2D eigenvalue weighted by atomic mass is 10.1. The third kappa shape index (κ3) is 5.04. The van der Waals surface area contributed by atoms with E-state index in [1.807, 2.05) is 26.0 Å². The molecule has 184 valence electrons. The van der Waals surface area contributed by atoms with Crippen molar-refractivity contribution in [1.29, 1.82) is 0 Å². The van der Waals surface area contributed by atoms with E-state index in [1.165, 1.54) is 17.2 Å². The van der Waals surface area contributed by atoms with Crippen LogP contribution in [0.15, 0.2) is 99.4 Å². The molecule has 5 rings (SSSR count). The number of nitrogens with zero attached hydrogens (tertiary/aromatic N) is 3. The minimum absolute atomic E-state index is 0.277. The van der Waals surface area contributed by atoms with Crippen molar-refractivity contribution in [3.05, 3.63) is 112 Å². The lowest BCUT2D eigenvalue weighted by molar-refractivity contribution is 0.0728. The Bertz CT molecular complexity index is 1670. The summed E-state index contributed by atoms with van der Waals surface area (Å²) >= 11 is 0. The third-order valence-corrected chi connectivity index (χ3v) is 5.54. The van der Waals surface area contributed by atoms with Crippen LogP contribution in [-0.4, -0.2) is 28.5 Å². The Morgan fingerprint density at radius 2 is 1.89 bits per heavy atom. The molecule has 0 amide bonds. The number of rotatable bonds is 7. The van der Waals surface area contributed by atoms with Crippen molar-refractivity contribution in [2.45, 2.75) is 13.8 Å². The second-order valence-electron chi connectivity index (χ2n) is 8.19. The van der Waals surface area contributed by atoms with Crippen molar-refractivity contribution in [3.8, 4) is 23.1 Å². The summed E-state index contributed by atoms with van der Waals surface area (Å²) in [5.74, 6) is 0.865. The summed E-state index contributed by atoms with van der Waals surface area (Å²) in [6, 6.07) is 22.7. The molecular weight excluding hydrogens is 470 g/mol. The average Bonchev–Trinajstić information content (AvgIpc) is 3.44. The van der Waals surface area contributed by atoms with E-state index in [4.69, 9.17) is 13.9 Å². The first-order valence-electron chi connectivity index (χ1n) is 11.7. The summed E-state index contributed by atoms with van der Waals surface area (Å²) in [4.78, 5) is 30.5. The molecule has 0 aliphatic heterocycles. The molecule has 0 atom stereocenters. The standard InChI is InChI=1S/C29H23N3O5/c1-3-35-26-17-20(13-14-24(26)37-29(34)21-9-6-8-19(2)16-21)18-30-32-27(25-12-7-15-36-25)31-23-11-5-4-10-22(23)28(32)33/h4-18H,3H2,1-2H3/b30-18-. The van der Waals surface area contributed by atoms with E-state index in [9.17, 15) is 9.59 Å². The van der Waals surface area contributed by atoms with Gasteiger partial charge in [0.15, 0.2) is 17.3 Å². The number of benzene rings is 3. The monoisotopic (exact) mass is 493 g/mol. The second-order valence-corrected chi connectivity index (χ2v) is 8.19. The SMILES string of the molecule is CCOc1cc(/C=N\n2c(-c3ccco3)nc3ccccc3c2=O)ccc1OC(=O)c1cccc(C)c1. The Hall–Kier alpha value is -4.98. The molecule has 0 radical (unpaired) electrons. The first-order valence-corrected chi connectivity index (χ1v) is 11.7. The summed E-state index contributed by atoms with van der Waals surface area (Å²) in [5, 5.41) is 4.86. The van der Waals surface area contributed by atoms with Crippen LogP contribution < -0.4 is 15.0 Å². The number of hydrogen-bond donors (Lipinski definition) is 0. The number of para-hydroxylation sites is 1. The highest BCUT2D eigenvalue weighted by molar-refractivity contribution is 5.92. The van der Waals surface area contributed by atoms with Gasteiger partial charge < -0.3 is 13.9 Å². The predicted molar refractivity (Wildman–Crippen MR) is 140 cm³/mol. The molecule has 0 saturated carbocycles. The fourth-order valence-electron chi connectivity index (χ4n) is 3.81. The van der Waals surface area contributed by atoms with Crippen LogP contribution in [0.5, 0.6) is 11.5 Å². The second kappa shape index (κ2) is 10.3. The van der Waals surface area contributed by atoms with Crippen LogP contribution in [0, 0.1) is 6.92 Å². The zero-order valence-corrected chi connectivity index (χ0v) is 20.3. The predicted octanol–water partition coefficient (Wildman–Crippen LogP) is 5.47. The summed E-state index contributed by atoms with van der Waals surface area (Å²) in [5.41, 5.74) is 2.25. The molecule has 0 aliphatic carbocycles. The molecule has 3 aromatic carbocycles. The number of aryl methyl sites for hydroxylation is 1. The first-order chi connectivity index (χ1) is 18.0. The highest BCUT2D eigenvalue weighted by Gasteiger charge is 2.16. The summed E-state index contributed by atoms with van der Waals surface area (Å²) < 4.78 is 18.0. The third-order valence-electron chi connectivity index (χ3n) is 5.54. The van der Waals surface area contributed by atoms with Crippen LogP contribution in [0.25, 0.3) is 22.5 Å². The van der Waals surface area contributed by atoms with Crippen LogP contribution in [0.2, 0.25) is 0 Å². The molecule has 0 N–H and O–H groups in total. The maximum absolute atomic E-state index is 13.3. The number of carbonyl (C=O) groups is 1. The van der Waals surface area contributed by atoms with Gasteiger partial charge in [-0.2, -0.15) is 9.78 Å². The Kier molecular flexibility index (Phi) is 6.63. The van der Waals surface area contributed by atoms with Gasteiger partial charge >= 0.3 is 5.97 Å². The summed E-state index contributed by atoms with van der Waals surface area (Å²) in [6.45, 7) is 4.11. The molecule has 37 heavy (non-hydrogen) atoms. The largest absolute Gasteiger partial charge is 0.490 e. The topological polar surface area (TPSA) is 95.9 Å². The van der Waals surface area contributed by atoms with Crippen molar-refractivity contribution < 1.29 is 18.7 Å². The maximum atomic E-state index is 13.3. The fraction of sp³-hybridized carbons (Fsp3) is 0.103. The van der Waals surface area contributed by atoms with Gasteiger partial charge in [-0.25, -0.2) is 9.78 Å². The Morgan fingerprint density at radius 3 is 2.68 bits per heavy atom. The van der Waals surface area contributed by atoms with Crippen molar-refractivity contribution in [1.82, 2.24) is 9.66 Å². The molecule has 8 nitrogen and oxygen atoms in total. The van der Waals surface area contributed by atoms with Crippen LogP contribution in [0.4, 0.5) is 0 Å². The number of ether oxygens (including phenoxy) is 2. The van der Waals surface area contributed by atoms with Gasteiger partial charge in [0.05, 0.1) is 35.6 Å². The van der Waals surface area contributed by atoms with Gasteiger partial charge in [-0.05, 0) is 74.0 Å². The van der Waals surface area contributed by atoms with Gasteiger partial charge in [-0.1, -0.05) is 29.8 Å². The lowest BCUT2D eigenvalue weighted by Gasteiger charge is -2.12. The van der Waals surface area contributed by atoms with Crippen LogP contribution in [-0.2, 0) is 0 Å². The molecular formula is C29H23N3O5. The fourth-order valence-corrected chi connectivity index (χ4v) is 3.81. The highest BCUT2D eigenvalue weighted by atomic mass is 16.6. The van der Waals surface area contributed by atoms with E-state index in [0.29, 0.717) is 40.1 Å². The number of fused-ring (bicyclic) bond motifs is 1. The van der Waals surface area contributed by atoms with Gasteiger partial charge in [0.25, 0.3) is 5.56 Å². The summed E-state index contributed by atoms with van der Waals surface area (Å²) in [7, 11) is 0. The number of carbonyl (C=O) groups excluding carboxylic acids is 1. The number of hydrogen-bond acceptors (Lipinski definition) is 7. The smallest absolute Gasteiger partial charge is 0.343 e. The molecule has 8 heteroatoms. The van der Waals surface area contributed by atoms with E-state index in [0.717, 1.165) is 5.56 Å². The quantitative estimate of drug-likeness (QED) is 0.170. The Labute approximate surface area is 212 Å². The molecule has 0 bridgehead atoms. The molecule has 0 saturated heterocycles. The zero-order valence-electron chi connectivity index (χ0n) is 20.3. The van der Waals surface area contributed by atoms with Gasteiger partial charge in [0.1, 0.15) is 0 Å². The number of furan rings is 1. The molecule has 0 fully saturated rings. The van der Waals surface area contributed by atoms with E-state index < -0.39 is 5.97 Å². The van der Waals surface area contributed by atoms with Crippen molar-refractivity contribution in [2.75, 3.05) is 6.61 Å². The number of esters is 1. The van der Waals surface area contributed by atoms with Gasteiger partial charge in [0.2, 0.25) is 5.82 Å². The maximum Gasteiger partial charge on any atom is 0.343 e. The highest BCUT2D eigenvalue weighted by Crippen LogP contribution is 2.29. The van der Waals surface area contributed by atoms with E-state index in [1.54, 1.807) is 66.7 Å². The molecule has 2 aromatic heterocycles. The molecule has 2 heterocycles. The van der Waals surface area contributed by atoms with Crippen LogP contribution in [0.1, 0.15) is 28.4 Å². The molecule has 0 spiro atoms. The first kappa shape index (κ1) is 23.7. The van der Waals surface area contributed by atoms with Gasteiger partial charge in [0, 0.05) is 0 Å². The molecule has 5 aromatic rings. The van der Waals surface area contributed by atoms with Gasteiger partial charge in [-0.3, -0.25) is 4.79 Å². The number of aromatic nitrogens is 2. The van der Waals surface area contributed by atoms with Crippen molar-refractivity contribution >= 4 is 23.1 Å². The minimum atomic E-state index is -0.483.